The molecule has 2 aromatic carbocycles. The van der Waals surface area contributed by atoms with Crippen LogP contribution in [0.1, 0.15) is 38.2 Å². The maximum atomic E-state index is 12.9. The van der Waals surface area contributed by atoms with E-state index >= 15 is 0 Å². The van der Waals surface area contributed by atoms with Gasteiger partial charge in [0.05, 0.1) is 13.1 Å². The number of quaternary nitrogens is 1. The first-order valence-corrected chi connectivity index (χ1v) is 10.3. The summed E-state index contributed by atoms with van der Waals surface area (Å²) in [6.07, 6.45) is 4.54. The van der Waals surface area contributed by atoms with Gasteiger partial charge < -0.3 is 9.80 Å². The number of fused-ring (bicyclic) bond motifs is 1. The van der Waals surface area contributed by atoms with Crippen LogP contribution in [0.3, 0.4) is 0 Å². The molecule has 0 aromatic heterocycles. The van der Waals surface area contributed by atoms with Crippen LogP contribution in [0.2, 0.25) is 0 Å². The van der Waals surface area contributed by atoms with Gasteiger partial charge in [-0.25, -0.2) is 0 Å². The molecule has 3 heteroatoms. The normalized spacial score (nSPS) is 26.8. The summed E-state index contributed by atoms with van der Waals surface area (Å²) in [5, 5.41) is 2.71. The SMILES string of the molecule is C[C@@H]1CCCN(C(=O)C2CC[NH+](Cc3cccc4ccccc34)CC2)C1. The van der Waals surface area contributed by atoms with Crippen molar-refractivity contribution in [1.82, 2.24) is 4.90 Å². The predicted octanol–water partition coefficient (Wildman–Crippen LogP) is 2.89. The largest absolute Gasteiger partial charge is 0.342 e. The van der Waals surface area contributed by atoms with Gasteiger partial charge in [0.2, 0.25) is 5.91 Å². The highest BCUT2D eigenvalue weighted by atomic mass is 16.2. The molecular weight excluding hydrogens is 320 g/mol. The first kappa shape index (κ1) is 17.5. The smallest absolute Gasteiger partial charge is 0.226 e. The van der Waals surface area contributed by atoms with Crippen LogP contribution in [-0.4, -0.2) is 37.0 Å². The number of hydrogen-bond donors (Lipinski definition) is 1. The predicted molar refractivity (Wildman–Crippen MR) is 106 cm³/mol. The lowest BCUT2D eigenvalue weighted by molar-refractivity contribution is -0.919. The van der Waals surface area contributed by atoms with Gasteiger partial charge in [-0.15, -0.1) is 0 Å². The summed E-state index contributed by atoms with van der Waals surface area (Å²) in [7, 11) is 0. The summed E-state index contributed by atoms with van der Waals surface area (Å²) in [6, 6.07) is 15.3. The third-order valence-corrected chi connectivity index (χ3v) is 6.33. The standard InChI is InChI=1S/C23H30N2O/c1-18-6-5-13-25(16-18)23(26)20-11-14-24(15-12-20)17-21-9-4-8-19-7-2-3-10-22(19)21/h2-4,7-10,18,20H,5-6,11-17H2,1H3/p+1/t18-/m1/s1. The number of piperidine rings is 2. The fourth-order valence-electron chi connectivity index (χ4n) is 4.81. The minimum atomic E-state index is 0.261. The van der Waals surface area contributed by atoms with Crippen LogP contribution >= 0.6 is 0 Å². The lowest BCUT2D eigenvalue weighted by Crippen LogP contribution is -3.11. The molecule has 2 aliphatic rings. The molecule has 0 unspecified atom stereocenters. The Morgan fingerprint density at radius 3 is 2.65 bits per heavy atom. The minimum Gasteiger partial charge on any atom is -0.342 e. The van der Waals surface area contributed by atoms with E-state index in [0.29, 0.717) is 11.8 Å². The van der Waals surface area contributed by atoms with E-state index in [-0.39, 0.29) is 5.92 Å². The lowest BCUT2D eigenvalue weighted by atomic mass is 9.92. The Morgan fingerprint density at radius 1 is 1.08 bits per heavy atom. The maximum Gasteiger partial charge on any atom is 0.226 e. The maximum absolute atomic E-state index is 12.9. The van der Waals surface area contributed by atoms with Crippen LogP contribution in [0.15, 0.2) is 42.5 Å². The van der Waals surface area contributed by atoms with Crippen molar-refractivity contribution in [2.45, 2.75) is 39.2 Å². The summed E-state index contributed by atoms with van der Waals surface area (Å²) < 4.78 is 0. The average Bonchev–Trinajstić information content (AvgIpc) is 2.68. The zero-order valence-electron chi connectivity index (χ0n) is 15.9. The Kier molecular flexibility index (Phi) is 5.26. The van der Waals surface area contributed by atoms with Gasteiger partial charge in [0, 0.05) is 37.4 Å². The molecule has 0 spiro atoms. The molecule has 3 nitrogen and oxygen atoms in total. The molecule has 138 valence electrons. The quantitative estimate of drug-likeness (QED) is 0.904. The fourth-order valence-corrected chi connectivity index (χ4v) is 4.81. The zero-order valence-corrected chi connectivity index (χ0v) is 15.9. The summed E-state index contributed by atoms with van der Waals surface area (Å²) in [5.74, 6) is 1.36. The fraction of sp³-hybridized carbons (Fsp3) is 0.522. The molecule has 1 amide bonds. The van der Waals surface area contributed by atoms with Crippen molar-refractivity contribution in [2.75, 3.05) is 26.2 Å². The summed E-state index contributed by atoms with van der Waals surface area (Å²) in [4.78, 5) is 16.6. The zero-order chi connectivity index (χ0) is 17.9. The molecule has 26 heavy (non-hydrogen) atoms. The number of rotatable bonds is 3. The van der Waals surface area contributed by atoms with E-state index in [2.05, 4.69) is 54.3 Å². The highest BCUT2D eigenvalue weighted by molar-refractivity contribution is 5.85. The van der Waals surface area contributed by atoms with Crippen molar-refractivity contribution in [3.05, 3.63) is 48.0 Å². The van der Waals surface area contributed by atoms with E-state index in [4.69, 9.17) is 0 Å². The van der Waals surface area contributed by atoms with E-state index in [1.807, 2.05) is 0 Å². The first-order chi connectivity index (χ1) is 12.7. The summed E-state index contributed by atoms with van der Waals surface area (Å²) in [6.45, 7) is 7.53. The van der Waals surface area contributed by atoms with Crippen LogP contribution in [-0.2, 0) is 11.3 Å². The second-order valence-corrected chi connectivity index (χ2v) is 8.37. The van der Waals surface area contributed by atoms with Gasteiger partial charge in [-0.05, 0) is 29.5 Å². The Hall–Kier alpha value is -1.87. The van der Waals surface area contributed by atoms with Gasteiger partial charge >= 0.3 is 0 Å². The molecule has 4 rings (SSSR count). The van der Waals surface area contributed by atoms with Crippen LogP contribution in [0, 0.1) is 11.8 Å². The molecule has 0 bridgehead atoms. The van der Waals surface area contributed by atoms with Gasteiger partial charge in [0.1, 0.15) is 6.54 Å². The Labute approximate surface area is 157 Å². The van der Waals surface area contributed by atoms with Gasteiger partial charge in [-0.2, -0.15) is 0 Å². The number of likely N-dealkylation sites (tertiary alicyclic amines) is 2. The number of benzene rings is 2. The molecule has 0 radical (unpaired) electrons. The molecule has 2 saturated heterocycles. The molecule has 2 heterocycles. The Morgan fingerprint density at radius 2 is 1.85 bits per heavy atom. The number of hydrogen-bond acceptors (Lipinski definition) is 1. The Bertz CT molecular complexity index is 758. The molecule has 0 saturated carbocycles. The van der Waals surface area contributed by atoms with E-state index in [9.17, 15) is 4.79 Å². The van der Waals surface area contributed by atoms with Crippen LogP contribution < -0.4 is 4.90 Å². The average molecular weight is 352 g/mol. The van der Waals surface area contributed by atoms with Crippen molar-refractivity contribution in [2.24, 2.45) is 11.8 Å². The van der Waals surface area contributed by atoms with Crippen LogP contribution in [0.5, 0.6) is 0 Å². The molecule has 2 fully saturated rings. The third kappa shape index (κ3) is 3.78. The third-order valence-electron chi connectivity index (χ3n) is 6.33. The molecule has 0 aliphatic carbocycles. The lowest BCUT2D eigenvalue weighted by Gasteiger charge is -2.36. The van der Waals surface area contributed by atoms with Crippen molar-refractivity contribution >= 4 is 16.7 Å². The molecule has 2 aliphatic heterocycles. The topological polar surface area (TPSA) is 24.8 Å². The summed E-state index contributed by atoms with van der Waals surface area (Å²) in [5.41, 5.74) is 1.44. The van der Waals surface area contributed by atoms with E-state index in [1.54, 1.807) is 4.90 Å². The van der Waals surface area contributed by atoms with Crippen LogP contribution in [0.25, 0.3) is 10.8 Å². The monoisotopic (exact) mass is 351 g/mol. The second kappa shape index (κ2) is 7.79. The van der Waals surface area contributed by atoms with E-state index in [0.717, 1.165) is 45.6 Å². The highest BCUT2D eigenvalue weighted by Gasteiger charge is 2.32. The number of amides is 1. The van der Waals surface area contributed by atoms with Gasteiger partial charge in [-0.3, -0.25) is 4.79 Å². The molecular formula is C23H31N2O+. The van der Waals surface area contributed by atoms with Gasteiger partial charge in [-0.1, -0.05) is 49.4 Å². The minimum absolute atomic E-state index is 0.261. The number of carbonyl (C=O) groups excluding carboxylic acids is 1. The first-order valence-electron chi connectivity index (χ1n) is 10.3. The van der Waals surface area contributed by atoms with Crippen molar-refractivity contribution in [3.63, 3.8) is 0 Å². The van der Waals surface area contributed by atoms with Crippen LogP contribution in [0.4, 0.5) is 0 Å². The van der Waals surface area contributed by atoms with E-state index in [1.165, 1.54) is 29.2 Å². The highest BCUT2D eigenvalue weighted by Crippen LogP contribution is 2.21. The van der Waals surface area contributed by atoms with Gasteiger partial charge in [0.25, 0.3) is 0 Å². The summed E-state index contributed by atoms with van der Waals surface area (Å²) >= 11 is 0. The molecule has 1 atom stereocenters. The van der Waals surface area contributed by atoms with E-state index < -0.39 is 0 Å². The van der Waals surface area contributed by atoms with Crippen molar-refractivity contribution in [3.8, 4) is 0 Å². The molecule has 1 N–H and O–H groups in total. The van der Waals surface area contributed by atoms with Gasteiger partial charge in [0.15, 0.2) is 0 Å². The number of nitrogens with one attached hydrogen (secondary N) is 1. The second-order valence-electron chi connectivity index (χ2n) is 8.37. The number of carbonyl (C=O) groups is 1. The number of nitrogens with zero attached hydrogens (tertiary/aromatic N) is 1. The van der Waals surface area contributed by atoms with Crippen molar-refractivity contribution < 1.29 is 9.69 Å². The molecule has 2 aromatic rings. The van der Waals surface area contributed by atoms with Crippen molar-refractivity contribution in [1.29, 1.82) is 0 Å². The Balaban J connectivity index is 1.35.